The molecule has 1 fully saturated rings. The summed E-state index contributed by atoms with van der Waals surface area (Å²) < 4.78 is 8.56. The van der Waals surface area contributed by atoms with Gasteiger partial charge in [0.1, 0.15) is 12.4 Å². The zero-order valence-corrected chi connectivity index (χ0v) is 17.3. The van der Waals surface area contributed by atoms with Gasteiger partial charge in [0.05, 0.1) is 0 Å². The molecule has 1 N–H and O–H groups in total. The van der Waals surface area contributed by atoms with Crippen molar-refractivity contribution in [3.05, 3.63) is 51.2 Å². The fourth-order valence-corrected chi connectivity index (χ4v) is 4.45. The lowest BCUT2D eigenvalue weighted by atomic mass is 9.74. The van der Waals surface area contributed by atoms with E-state index in [0.717, 1.165) is 49.9 Å². The largest absolute Gasteiger partial charge is 0.381 e. The Bertz CT molecular complexity index is 913. The van der Waals surface area contributed by atoms with Gasteiger partial charge < -0.3 is 10.1 Å². The summed E-state index contributed by atoms with van der Waals surface area (Å²) >= 11 is 6.05. The predicted molar refractivity (Wildman–Crippen MR) is 110 cm³/mol. The number of aryl methyl sites for hydroxylation is 1. The van der Waals surface area contributed by atoms with E-state index >= 15 is 0 Å². The first-order valence-corrected chi connectivity index (χ1v) is 10.7. The average Bonchev–Trinajstić information content (AvgIpc) is 2.89. The topological polar surface area (TPSA) is 78.2 Å². The van der Waals surface area contributed by atoms with E-state index in [4.69, 9.17) is 16.3 Å². The molecule has 1 aromatic heterocycles. The van der Waals surface area contributed by atoms with Crippen LogP contribution in [0.2, 0.25) is 5.02 Å². The molecule has 3 heterocycles. The van der Waals surface area contributed by atoms with E-state index in [1.807, 2.05) is 24.3 Å². The first-order valence-electron chi connectivity index (χ1n) is 10.3. The smallest absolute Gasteiger partial charge is 0.346 e. The van der Waals surface area contributed by atoms with E-state index < -0.39 is 0 Å². The summed E-state index contributed by atoms with van der Waals surface area (Å²) in [6.45, 7) is 2.46. The molecular weight excluding hydrogens is 392 g/mol. The minimum Gasteiger partial charge on any atom is -0.381 e. The van der Waals surface area contributed by atoms with Crippen LogP contribution in [0.4, 0.5) is 0 Å². The van der Waals surface area contributed by atoms with E-state index in [2.05, 4.69) is 10.4 Å². The maximum atomic E-state index is 12.6. The molecule has 0 bridgehead atoms. The van der Waals surface area contributed by atoms with Crippen LogP contribution in [-0.4, -0.2) is 40.0 Å². The Balaban J connectivity index is 1.45. The number of benzene rings is 1. The van der Waals surface area contributed by atoms with Crippen molar-refractivity contribution in [3.63, 3.8) is 0 Å². The number of amides is 1. The van der Waals surface area contributed by atoms with Gasteiger partial charge >= 0.3 is 5.69 Å². The number of nitrogens with one attached hydrogen (secondary N) is 1. The molecule has 2 aliphatic heterocycles. The van der Waals surface area contributed by atoms with E-state index in [0.29, 0.717) is 31.3 Å². The molecule has 29 heavy (non-hydrogen) atoms. The van der Waals surface area contributed by atoms with Gasteiger partial charge in [0.15, 0.2) is 0 Å². The summed E-state index contributed by atoms with van der Waals surface area (Å²) in [4.78, 5) is 25.2. The number of nitrogens with zero attached hydrogens (tertiary/aromatic N) is 3. The number of carbonyl (C=O) groups excluding carboxylic acids is 1. The van der Waals surface area contributed by atoms with Crippen molar-refractivity contribution in [2.45, 2.75) is 57.0 Å². The molecule has 1 aromatic carbocycles. The van der Waals surface area contributed by atoms with Crippen molar-refractivity contribution in [1.82, 2.24) is 19.7 Å². The molecule has 2 aromatic rings. The van der Waals surface area contributed by atoms with Crippen LogP contribution in [-0.2, 0) is 34.5 Å². The third kappa shape index (κ3) is 4.41. The number of fused-ring (bicyclic) bond motifs is 1. The monoisotopic (exact) mass is 418 g/mol. The summed E-state index contributed by atoms with van der Waals surface area (Å²) in [5.41, 5.74) is 0.779. The lowest BCUT2D eigenvalue weighted by Gasteiger charge is -2.38. The average molecular weight is 419 g/mol. The number of halogens is 1. The molecule has 2 aliphatic rings. The van der Waals surface area contributed by atoms with Gasteiger partial charge in [-0.1, -0.05) is 30.2 Å². The fourth-order valence-electron chi connectivity index (χ4n) is 4.32. The second-order valence-corrected chi connectivity index (χ2v) is 8.43. The third-order valence-electron chi connectivity index (χ3n) is 6.11. The number of hydrogen-bond acceptors (Lipinski definition) is 4. The summed E-state index contributed by atoms with van der Waals surface area (Å²) in [6, 6.07) is 7.81. The lowest BCUT2D eigenvalue weighted by Crippen LogP contribution is -2.46. The van der Waals surface area contributed by atoms with Crippen molar-refractivity contribution < 1.29 is 9.53 Å². The van der Waals surface area contributed by atoms with Gasteiger partial charge in [0.2, 0.25) is 5.91 Å². The Hall–Kier alpha value is -2.12. The zero-order chi connectivity index (χ0) is 20.3. The number of aromatic nitrogens is 3. The molecule has 1 amide bonds. The second-order valence-electron chi connectivity index (χ2n) is 8.00. The number of ether oxygens (including phenoxy) is 1. The highest BCUT2D eigenvalue weighted by atomic mass is 35.5. The van der Waals surface area contributed by atoms with Crippen LogP contribution in [0.1, 0.15) is 43.5 Å². The predicted octanol–water partition coefficient (Wildman–Crippen LogP) is 2.29. The molecule has 156 valence electrons. The highest BCUT2D eigenvalue weighted by Crippen LogP contribution is 2.34. The Morgan fingerprint density at radius 3 is 2.69 bits per heavy atom. The Kier molecular flexibility index (Phi) is 6.06. The van der Waals surface area contributed by atoms with Crippen LogP contribution in [0, 0.1) is 0 Å². The second kappa shape index (κ2) is 8.71. The number of carbonyl (C=O) groups is 1. The van der Waals surface area contributed by atoms with Gasteiger partial charge in [0, 0.05) is 43.2 Å². The van der Waals surface area contributed by atoms with Gasteiger partial charge in [-0.3, -0.25) is 9.36 Å². The first kappa shape index (κ1) is 20.2. The molecule has 0 radical (unpaired) electrons. The molecule has 4 rings (SSSR count). The van der Waals surface area contributed by atoms with E-state index in [9.17, 15) is 9.59 Å². The SMILES string of the molecule is O=C(Cn1nc2n(c1=O)CCCCC2)NCC1(c2ccc(Cl)cc2)CCOCC1. The molecule has 0 saturated carbocycles. The fraction of sp³-hybridized carbons (Fsp3) is 0.571. The van der Waals surface area contributed by atoms with Gasteiger partial charge in [-0.2, -0.15) is 5.10 Å². The molecule has 0 spiro atoms. The minimum absolute atomic E-state index is 0.0496. The van der Waals surface area contributed by atoms with Gasteiger partial charge in [-0.15, -0.1) is 0 Å². The molecule has 0 aliphatic carbocycles. The van der Waals surface area contributed by atoms with Crippen LogP contribution in [0.3, 0.4) is 0 Å². The van der Waals surface area contributed by atoms with Crippen LogP contribution in [0.5, 0.6) is 0 Å². The maximum absolute atomic E-state index is 12.6. The van der Waals surface area contributed by atoms with Crippen LogP contribution >= 0.6 is 11.6 Å². The van der Waals surface area contributed by atoms with Gasteiger partial charge in [-0.25, -0.2) is 9.48 Å². The van der Waals surface area contributed by atoms with Gasteiger partial charge in [-0.05, 0) is 43.4 Å². The van der Waals surface area contributed by atoms with Crippen molar-refractivity contribution in [1.29, 1.82) is 0 Å². The maximum Gasteiger partial charge on any atom is 0.346 e. The van der Waals surface area contributed by atoms with Crippen molar-refractivity contribution >= 4 is 17.5 Å². The Morgan fingerprint density at radius 1 is 1.17 bits per heavy atom. The van der Waals surface area contributed by atoms with E-state index in [1.165, 1.54) is 4.68 Å². The lowest BCUT2D eigenvalue weighted by molar-refractivity contribution is -0.122. The zero-order valence-electron chi connectivity index (χ0n) is 16.5. The van der Waals surface area contributed by atoms with Crippen molar-refractivity contribution in [2.24, 2.45) is 0 Å². The highest BCUT2D eigenvalue weighted by molar-refractivity contribution is 6.30. The van der Waals surface area contributed by atoms with Crippen LogP contribution in [0.15, 0.2) is 29.1 Å². The van der Waals surface area contributed by atoms with Gasteiger partial charge in [0.25, 0.3) is 0 Å². The molecule has 0 unspecified atom stereocenters. The Labute approximate surface area is 175 Å². The normalized spacial score (nSPS) is 18.7. The summed E-state index contributed by atoms with van der Waals surface area (Å²) in [5, 5.41) is 8.13. The summed E-state index contributed by atoms with van der Waals surface area (Å²) in [7, 11) is 0. The summed E-state index contributed by atoms with van der Waals surface area (Å²) in [5.74, 6) is 0.600. The summed E-state index contributed by atoms with van der Waals surface area (Å²) in [6.07, 6.45) is 5.58. The van der Waals surface area contributed by atoms with Crippen LogP contribution < -0.4 is 11.0 Å². The number of rotatable bonds is 5. The molecule has 8 heteroatoms. The van der Waals surface area contributed by atoms with E-state index in [1.54, 1.807) is 4.57 Å². The Morgan fingerprint density at radius 2 is 1.93 bits per heavy atom. The highest BCUT2D eigenvalue weighted by Gasteiger charge is 2.35. The molecule has 7 nitrogen and oxygen atoms in total. The first-order chi connectivity index (χ1) is 14.1. The van der Waals surface area contributed by atoms with Crippen LogP contribution in [0.25, 0.3) is 0 Å². The standard InChI is InChI=1S/C21H27ClN4O3/c22-17-7-5-16(6-8-17)21(9-12-29-13-10-21)15-23-19(27)14-26-20(28)25-11-3-1-2-4-18(25)24-26/h5-8H,1-4,9-15H2,(H,23,27). The minimum atomic E-state index is -0.194. The quantitative estimate of drug-likeness (QED) is 0.808. The number of hydrogen-bond donors (Lipinski definition) is 1. The van der Waals surface area contributed by atoms with Crippen molar-refractivity contribution in [3.8, 4) is 0 Å². The molecular formula is C21H27ClN4O3. The molecule has 0 atom stereocenters. The molecule has 1 saturated heterocycles. The third-order valence-corrected chi connectivity index (χ3v) is 6.36. The van der Waals surface area contributed by atoms with E-state index in [-0.39, 0.29) is 23.6 Å². The van der Waals surface area contributed by atoms with Crippen molar-refractivity contribution in [2.75, 3.05) is 19.8 Å².